The van der Waals surface area contributed by atoms with E-state index in [0.717, 1.165) is 24.8 Å². The first-order chi connectivity index (χ1) is 10.7. The van der Waals surface area contributed by atoms with Crippen molar-refractivity contribution in [1.29, 1.82) is 0 Å². The molecule has 0 unspecified atom stereocenters. The number of hydrogen-bond donors (Lipinski definition) is 1. The number of nitrogens with one attached hydrogen (secondary N) is 1. The zero-order chi connectivity index (χ0) is 15.8. The summed E-state index contributed by atoms with van der Waals surface area (Å²) in [6, 6.07) is 20.4. The molecule has 2 aromatic carbocycles. The van der Waals surface area contributed by atoms with E-state index in [9.17, 15) is 4.79 Å². The fourth-order valence-corrected chi connectivity index (χ4v) is 3.00. The lowest BCUT2D eigenvalue weighted by atomic mass is 9.75. The molecular weight excluding hydrogens is 270 g/mol. The van der Waals surface area contributed by atoms with Crippen molar-refractivity contribution in [3.05, 3.63) is 71.8 Å². The van der Waals surface area contributed by atoms with Gasteiger partial charge in [-0.2, -0.15) is 0 Å². The van der Waals surface area contributed by atoms with Crippen molar-refractivity contribution in [2.45, 2.75) is 38.5 Å². The molecule has 0 fully saturated rings. The van der Waals surface area contributed by atoms with Gasteiger partial charge in [-0.05, 0) is 30.4 Å². The zero-order valence-corrected chi connectivity index (χ0v) is 13.5. The Morgan fingerprint density at radius 2 is 1.45 bits per heavy atom. The van der Waals surface area contributed by atoms with Gasteiger partial charge in [0.05, 0.1) is 5.41 Å². The summed E-state index contributed by atoms with van der Waals surface area (Å²) in [5.41, 5.74) is 1.94. The highest BCUT2D eigenvalue weighted by Gasteiger charge is 2.36. The van der Waals surface area contributed by atoms with Crippen LogP contribution in [0, 0.1) is 0 Å². The summed E-state index contributed by atoms with van der Waals surface area (Å²) in [6.45, 7) is 4.86. The molecule has 2 nitrogen and oxygen atoms in total. The van der Waals surface area contributed by atoms with Gasteiger partial charge in [0, 0.05) is 6.54 Å². The first-order valence-electron chi connectivity index (χ1n) is 8.10. The van der Waals surface area contributed by atoms with Gasteiger partial charge in [-0.1, -0.05) is 74.5 Å². The summed E-state index contributed by atoms with van der Waals surface area (Å²) in [6.07, 6.45) is 2.49. The molecule has 116 valence electrons. The highest BCUT2D eigenvalue weighted by atomic mass is 16.2. The smallest absolute Gasteiger partial charge is 0.230 e. The lowest BCUT2D eigenvalue weighted by molar-refractivity contribution is -0.127. The first kappa shape index (κ1) is 16.3. The number of carbonyl (C=O) groups excluding carboxylic acids is 1. The molecule has 2 aromatic rings. The fraction of sp³-hybridized carbons (Fsp3) is 0.350. The summed E-state index contributed by atoms with van der Waals surface area (Å²) in [7, 11) is 0. The highest BCUT2D eigenvalue weighted by molar-refractivity contribution is 5.88. The molecule has 22 heavy (non-hydrogen) atoms. The van der Waals surface area contributed by atoms with Crippen molar-refractivity contribution in [2.24, 2.45) is 0 Å². The van der Waals surface area contributed by atoms with Crippen LogP contribution < -0.4 is 5.32 Å². The number of carbonyl (C=O) groups is 1. The molecule has 0 radical (unpaired) electrons. The Balaban J connectivity index is 2.04. The van der Waals surface area contributed by atoms with E-state index < -0.39 is 5.41 Å². The highest BCUT2D eigenvalue weighted by Crippen LogP contribution is 2.31. The second-order valence-corrected chi connectivity index (χ2v) is 5.65. The molecule has 0 aliphatic rings. The average Bonchev–Trinajstić information content (AvgIpc) is 2.58. The number of amides is 1. The van der Waals surface area contributed by atoms with Gasteiger partial charge in [-0.15, -0.1) is 0 Å². The molecule has 0 heterocycles. The Bertz CT molecular complexity index is 573. The van der Waals surface area contributed by atoms with Crippen LogP contribution in [-0.4, -0.2) is 12.5 Å². The third-order valence-electron chi connectivity index (χ3n) is 4.51. The Hall–Kier alpha value is -2.09. The lowest BCUT2D eigenvalue weighted by Crippen LogP contribution is -2.44. The van der Waals surface area contributed by atoms with Crippen molar-refractivity contribution < 1.29 is 4.79 Å². The first-order valence-corrected chi connectivity index (χ1v) is 8.10. The maximum absolute atomic E-state index is 12.8. The number of benzene rings is 2. The van der Waals surface area contributed by atoms with Gasteiger partial charge in [0.1, 0.15) is 0 Å². The maximum atomic E-state index is 12.8. The molecule has 2 rings (SSSR count). The Morgan fingerprint density at radius 3 is 2.00 bits per heavy atom. The van der Waals surface area contributed by atoms with Gasteiger partial charge in [0.15, 0.2) is 0 Å². The van der Waals surface area contributed by atoms with E-state index in [2.05, 4.69) is 43.4 Å². The topological polar surface area (TPSA) is 29.1 Å². The standard InChI is InChI=1S/C20H25NO/c1-3-20(4-2,18-13-9-6-10-14-18)19(22)21-16-15-17-11-7-5-8-12-17/h5-14H,3-4,15-16H2,1-2H3,(H,21,22). The second kappa shape index (κ2) is 7.79. The summed E-state index contributed by atoms with van der Waals surface area (Å²) in [4.78, 5) is 12.8. The summed E-state index contributed by atoms with van der Waals surface area (Å²) < 4.78 is 0. The fourth-order valence-electron chi connectivity index (χ4n) is 3.00. The molecule has 0 saturated heterocycles. The van der Waals surface area contributed by atoms with Crippen LogP contribution in [-0.2, 0) is 16.6 Å². The van der Waals surface area contributed by atoms with Crippen molar-refractivity contribution in [3.8, 4) is 0 Å². The minimum absolute atomic E-state index is 0.139. The largest absolute Gasteiger partial charge is 0.355 e. The van der Waals surface area contributed by atoms with Crippen molar-refractivity contribution in [3.63, 3.8) is 0 Å². The van der Waals surface area contributed by atoms with E-state index in [1.807, 2.05) is 36.4 Å². The molecule has 2 heteroatoms. The van der Waals surface area contributed by atoms with Crippen LogP contribution in [0.15, 0.2) is 60.7 Å². The maximum Gasteiger partial charge on any atom is 0.230 e. The van der Waals surface area contributed by atoms with Crippen LogP contribution in [0.2, 0.25) is 0 Å². The van der Waals surface area contributed by atoms with Crippen LogP contribution in [0.25, 0.3) is 0 Å². The molecule has 0 bridgehead atoms. The molecule has 0 saturated carbocycles. The molecule has 0 aliphatic carbocycles. The SMILES string of the molecule is CCC(CC)(C(=O)NCCc1ccccc1)c1ccccc1. The molecule has 1 N–H and O–H groups in total. The van der Waals surface area contributed by atoms with Crippen LogP contribution in [0.5, 0.6) is 0 Å². The Kier molecular flexibility index (Phi) is 5.76. The van der Waals surface area contributed by atoms with E-state index >= 15 is 0 Å². The molecule has 0 aromatic heterocycles. The summed E-state index contributed by atoms with van der Waals surface area (Å²) >= 11 is 0. The van der Waals surface area contributed by atoms with Gasteiger partial charge in [0.2, 0.25) is 5.91 Å². The van der Waals surface area contributed by atoms with Crippen molar-refractivity contribution in [1.82, 2.24) is 5.32 Å². The summed E-state index contributed by atoms with van der Waals surface area (Å²) in [5, 5.41) is 3.13. The van der Waals surface area contributed by atoms with Gasteiger partial charge in [-0.25, -0.2) is 0 Å². The van der Waals surface area contributed by atoms with Gasteiger partial charge < -0.3 is 5.32 Å². The molecule has 1 amide bonds. The Morgan fingerprint density at radius 1 is 0.909 bits per heavy atom. The van der Waals surface area contributed by atoms with Gasteiger partial charge in [-0.3, -0.25) is 4.79 Å². The van der Waals surface area contributed by atoms with Crippen LogP contribution in [0.4, 0.5) is 0 Å². The quantitative estimate of drug-likeness (QED) is 0.818. The average molecular weight is 295 g/mol. The van der Waals surface area contributed by atoms with Gasteiger partial charge in [0.25, 0.3) is 0 Å². The van der Waals surface area contributed by atoms with Gasteiger partial charge >= 0.3 is 0 Å². The van der Waals surface area contributed by atoms with Crippen LogP contribution >= 0.6 is 0 Å². The van der Waals surface area contributed by atoms with E-state index in [1.54, 1.807) is 0 Å². The van der Waals surface area contributed by atoms with Crippen LogP contribution in [0.1, 0.15) is 37.8 Å². The monoisotopic (exact) mass is 295 g/mol. The zero-order valence-electron chi connectivity index (χ0n) is 13.5. The minimum Gasteiger partial charge on any atom is -0.355 e. The third kappa shape index (κ3) is 3.56. The molecular formula is C20H25NO. The van der Waals surface area contributed by atoms with Crippen LogP contribution in [0.3, 0.4) is 0 Å². The molecule has 0 aliphatic heterocycles. The number of rotatable bonds is 7. The number of hydrogen-bond acceptors (Lipinski definition) is 1. The van der Waals surface area contributed by atoms with E-state index in [-0.39, 0.29) is 5.91 Å². The lowest BCUT2D eigenvalue weighted by Gasteiger charge is -2.31. The second-order valence-electron chi connectivity index (χ2n) is 5.65. The van der Waals surface area contributed by atoms with E-state index in [1.165, 1.54) is 5.56 Å². The normalized spacial score (nSPS) is 11.2. The predicted molar refractivity (Wildman–Crippen MR) is 91.9 cm³/mol. The van der Waals surface area contributed by atoms with E-state index in [4.69, 9.17) is 0 Å². The summed E-state index contributed by atoms with van der Waals surface area (Å²) in [5.74, 6) is 0.139. The molecule has 0 spiro atoms. The Labute approximate surface area is 133 Å². The minimum atomic E-state index is -0.419. The molecule has 0 atom stereocenters. The predicted octanol–water partition coefficient (Wildman–Crippen LogP) is 4.10. The van der Waals surface area contributed by atoms with E-state index in [0.29, 0.717) is 6.54 Å². The third-order valence-corrected chi connectivity index (χ3v) is 4.51. The van der Waals surface area contributed by atoms with Crippen molar-refractivity contribution in [2.75, 3.05) is 6.54 Å². The van der Waals surface area contributed by atoms with Crippen molar-refractivity contribution >= 4 is 5.91 Å².